The summed E-state index contributed by atoms with van der Waals surface area (Å²) in [6.07, 6.45) is 3.58. The van der Waals surface area contributed by atoms with Crippen LogP contribution in [0.15, 0.2) is 47.1 Å². The van der Waals surface area contributed by atoms with Crippen molar-refractivity contribution >= 4 is 0 Å². The first kappa shape index (κ1) is 33.5. The first-order chi connectivity index (χ1) is 21.8. The van der Waals surface area contributed by atoms with Crippen molar-refractivity contribution in [1.82, 2.24) is 0 Å². The Hall–Kier alpha value is -3.44. The van der Waals surface area contributed by atoms with E-state index in [1.54, 1.807) is 0 Å². The Kier molecular flexibility index (Phi) is 16.2. The summed E-state index contributed by atoms with van der Waals surface area (Å²) in [5.41, 5.74) is 5.07. The van der Waals surface area contributed by atoms with Crippen molar-refractivity contribution < 1.29 is 47.4 Å². The summed E-state index contributed by atoms with van der Waals surface area (Å²) < 4.78 is 58.2. The fourth-order valence-electron chi connectivity index (χ4n) is 4.17. The number of rotatable bonds is 0. The Balaban J connectivity index is 1.44. The van der Waals surface area contributed by atoms with Crippen molar-refractivity contribution in [3.8, 4) is 35.2 Å². The Morgan fingerprint density at radius 2 is 1.00 bits per heavy atom. The third-order valence-corrected chi connectivity index (χ3v) is 6.17. The fourth-order valence-corrected chi connectivity index (χ4v) is 4.17. The molecule has 44 heavy (non-hydrogen) atoms. The quantitative estimate of drug-likeness (QED) is 0.247. The van der Waals surface area contributed by atoms with E-state index in [9.17, 15) is 0 Å². The smallest absolute Gasteiger partial charge is 0.146 e. The Labute approximate surface area is 260 Å². The number of hydrogen-bond acceptors (Lipinski definition) is 10. The highest BCUT2D eigenvalue weighted by Gasteiger charge is 2.13. The minimum Gasteiger partial charge on any atom is -0.495 e. The van der Waals surface area contributed by atoms with Crippen LogP contribution in [-0.2, 0) is 44.5 Å². The van der Waals surface area contributed by atoms with Gasteiger partial charge in [0.1, 0.15) is 49.4 Å². The molecule has 0 aromatic heterocycles. The van der Waals surface area contributed by atoms with Crippen molar-refractivity contribution in [2.75, 3.05) is 99.1 Å². The lowest BCUT2D eigenvalue weighted by Gasteiger charge is -2.17. The minimum absolute atomic E-state index is 0.365. The van der Waals surface area contributed by atoms with Crippen LogP contribution in [0.4, 0.5) is 0 Å². The average Bonchev–Trinajstić information content (AvgIpc) is 3.02. The van der Waals surface area contributed by atoms with Gasteiger partial charge in [0.05, 0.1) is 85.7 Å². The zero-order valence-corrected chi connectivity index (χ0v) is 25.3. The molecule has 3 heterocycles. The van der Waals surface area contributed by atoms with Gasteiger partial charge in [0.2, 0.25) is 0 Å². The Bertz CT molecular complexity index is 1230. The zero-order chi connectivity index (χ0) is 30.3. The molecule has 0 amide bonds. The maximum absolute atomic E-state index is 5.98. The second kappa shape index (κ2) is 21.3. The molecule has 1 aromatic rings. The maximum atomic E-state index is 5.98. The van der Waals surface area contributed by atoms with E-state index in [-0.39, 0.29) is 0 Å². The van der Waals surface area contributed by atoms with Crippen molar-refractivity contribution in [2.24, 2.45) is 0 Å². The van der Waals surface area contributed by atoms with Crippen LogP contribution in [0.5, 0.6) is 11.5 Å². The lowest BCUT2D eigenvalue weighted by molar-refractivity contribution is 0.0146. The van der Waals surface area contributed by atoms with Gasteiger partial charge in [-0.25, -0.2) is 0 Å². The molecule has 10 nitrogen and oxygen atoms in total. The van der Waals surface area contributed by atoms with Crippen LogP contribution in [0.3, 0.4) is 0 Å². The molecule has 10 heteroatoms. The van der Waals surface area contributed by atoms with Gasteiger partial charge in [0.15, 0.2) is 0 Å². The third-order valence-electron chi connectivity index (χ3n) is 6.17. The number of fused-ring (bicyclic) bond motifs is 27. The highest BCUT2D eigenvalue weighted by atomic mass is 16.6. The van der Waals surface area contributed by atoms with Crippen LogP contribution in [-0.4, -0.2) is 99.1 Å². The van der Waals surface area contributed by atoms with Gasteiger partial charge in [-0.1, -0.05) is 17.6 Å². The van der Waals surface area contributed by atoms with Gasteiger partial charge < -0.3 is 47.4 Å². The highest BCUT2D eigenvalue weighted by Crippen LogP contribution is 2.24. The predicted molar refractivity (Wildman–Crippen MR) is 161 cm³/mol. The number of hydrogen-bond donors (Lipinski definition) is 0. The van der Waals surface area contributed by atoms with Crippen molar-refractivity contribution in [2.45, 2.75) is 25.9 Å². The fraction of sp³-hybridized carbons (Fsp3) is 0.559. The molecule has 0 N–H and O–H groups in total. The van der Waals surface area contributed by atoms with E-state index < -0.39 is 0 Å². The van der Waals surface area contributed by atoms with E-state index >= 15 is 0 Å². The van der Waals surface area contributed by atoms with Gasteiger partial charge in [-0.15, -0.1) is 0 Å². The van der Waals surface area contributed by atoms with E-state index in [1.807, 2.05) is 24.3 Å². The Morgan fingerprint density at radius 3 is 1.61 bits per heavy atom. The largest absolute Gasteiger partial charge is 0.495 e. The van der Waals surface area contributed by atoms with Crippen molar-refractivity contribution in [3.05, 3.63) is 52.7 Å². The topological polar surface area (TPSA) is 92.3 Å². The molecule has 0 unspecified atom stereocenters. The summed E-state index contributed by atoms with van der Waals surface area (Å²) in [7, 11) is 0. The van der Waals surface area contributed by atoms with Crippen LogP contribution in [0.1, 0.15) is 24.8 Å². The molecule has 238 valence electrons. The second-order valence-corrected chi connectivity index (χ2v) is 9.73. The van der Waals surface area contributed by atoms with E-state index in [0.717, 1.165) is 16.9 Å². The van der Waals surface area contributed by atoms with Gasteiger partial charge in [-0.3, -0.25) is 0 Å². The van der Waals surface area contributed by atoms with Gasteiger partial charge in [-0.05, 0) is 35.6 Å². The molecule has 3 aliphatic heterocycles. The summed E-state index contributed by atoms with van der Waals surface area (Å²) in [4.78, 5) is 0. The normalized spacial score (nSPS) is 20.6. The molecule has 0 fully saturated rings. The number of ether oxygens (including phenoxy) is 10. The standard InChI is InChI=1S/C34H42O10/c1-2-4-6-8-40-28-30-23-33-26-34(24-30)44-20-16-38-12-10-36-14-18-42-32-22-29(27-39-7-5-3-1)21-31(25-32)41-17-13-35-9-11-37-15-19-43-33/h21-23,25H,5-20,26-28H2. The van der Waals surface area contributed by atoms with Crippen LogP contribution in [0.2, 0.25) is 0 Å². The van der Waals surface area contributed by atoms with Gasteiger partial charge in [-0.2, -0.15) is 0 Å². The summed E-state index contributed by atoms with van der Waals surface area (Å²) in [5.74, 6) is 14.6. The zero-order valence-electron chi connectivity index (χ0n) is 25.3. The SMILES string of the molecule is C1=C2C=C3CC=1OCCOCCOCCOc1cc(cc(c1)OCCOCCOCCO3)COCCC#CC#CCCOC2. The van der Waals surface area contributed by atoms with Gasteiger partial charge in [0.25, 0.3) is 0 Å². The predicted octanol–water partition coefficient (Wildman–Crippen LogP) is 3.59. The van der Waals surface area contributed by atoms with E-state index in [4.69, 9.17) is 47.4 Å². The highest BCUT2D eigenvalue weighted by molar-refractivity contribution is 5.38. The minimum atomic E-state index is 0.365. The molecular weight excluding hydrogens is 568 g/mol. The van der Waals surface area contributed by atoms with Gasteiger partial charge in [0, 0.05) is 24.5 Å². The summed E-state index contributed by atoms with van der Waals surface area (Å²) in [6.45, 7) is 6.80. The van der Waals surface area contributed by atoms with Crippen LogP contribution in [0, 0.1) is 23.7 Å². The molecule has 0 saturated carbocycles. The summed E-state index contributed by atoms with van der Waals surface area (Å²) in [6, 6.07) is 5.73. The van der Waals surface area contributed by atoms with Crippen molar-refractivity contribution in [1.29, 1.82) is 0 Å². The van der Waals surface area contributed by atoms with E-state index in [0.29, 0.717) is 142 Å². The van der Waals surface area contributed by atoms with Crippen LogP contribution in [0.25, 0.3) is 0 Å². The van der Waals surface area contributed by atoms with Gasteiger partial charge >= 0.3 is 0 Å². The number of benzene rings is 1. The average molecular weight is 611 g/mol. The summed E-state index contributed by atoms with van der Waals surface area (Å²) in [5, 5.41) is 0. The van der Waals surface area contributed by atoms with Crippen LogP contribution < -0.4 is 9.47 Å². The Morgan fingerprint density at radius 1 is 0.477 bits per heavy atom. The molecule has 4 aliphatic rings. The van der Waals surface area contributed by atoms with Crippen LogP contribution >= 0.6 is 0 Å². The molecule has 0 atom stereocenters. The molecule has 0 radical (unpaired) electrons. The molecule has 0 spiro atoms. The molecular formula is C34H42O10. The molecule has 6 bridgehead atoms. The monoisotopic (exact) mass is 610 g/mol. The van der Waals surface area contributed by atoms with E-state index in [2.05, 4.69) is 29.4 Å². The molecule has 5 rings (SSSR count). The molecule has 1 aliphatic carbocycles. The lowest BCUT2D eigenvalue weighted by atomic mass is 10.1. The second-order valence-electron chi connectivity index (χ2n) is 9.73. The van der Waals surface area contributed by atoms with Crippen molar-refractivity contribution in [3.63, 3.8) is 0 Å². The molecule has 1 aromatic carbocycles. The summed E-state index contributed by atoms with van der Waals surface area (Å²) >= 11 is 0. The lowest BCUT2D eigenvalue weighted by Crippen LogP contribution is -2.14. The first-order valence-electron chi connectivity index (χ1n) is 15.1. The first-order valence-corrected chi connectivity index (χ1v) is 15.1. The maximum Gasteiger partial charge on any atom is 0.146 e. The van der Waals surface area contributed by atoms with E-state index in [1.165, 1.54) is 0 Å². The third kappa shape index (κ3) is 14.4. The molecule has 0 saturated heterocycles.